The monoisotopic (exact) mass is 383 g/mol. The molecule has 0 bridgehead atoms. The van der Waals surface area contributed by atoms with Crippen LogP contribution in [0, 0.1) is 0 Å². The van der Waals surface area contributed by atoms with Gasteiger partial charge in [-0.3, -0.25) is 9.59 Å². The van der Waals surface area contributed by atoms with Crippen molar-refractivity contribution in [1.82, 2.24) is 19.8 Å². The fourth-order valence-electron chi connectivity index (χ4n) is 2.92. The number of methoxy groups -OCH3 is 1. The Bertz CT molecular complexity index is 893. The summed E-state index contributed by atoms with van der Waals surface area (Å²) < 4.78 is 4.77. The number of anilines is 2. The molecule has 0 radical (unpaired) electrons. The molecule has 1 aromatic heterocycles. The van der Waals surface area contributed by atoms with Crippen LogP contribution in [0.15, 0.2) is 36.5 Å². The maximum Gasteiger partial charge on any atom is 0.339 e. The van der Waals surface area contributed by atoms with E-state index in [1.807, 2.05) is 0 Å². The summed E-state index contributed by atoms with van der Waals surface area (Å²) in [6, 6.07) is 8.34. The van der Waals surface area contributed by atoms with E-state index in [4.69, 9.17) is 4.74 Å². The number of rotatable bonds is 4. The van der Waals surface area contributed by atoms with Gasteiger partial charge in [0.25, 0.3) is 5.91 Å². The number of benzene rings is 1. The van der Waals surface area contributed by atoms with E-state index in [1.54, 1.807) is 34.1 Å². The minimum atomic E-state index is -0.487. The Morgan fingerprint density at radius 3 is 2.39 bits per heavy atom. The van der Waals surface area contributed by atoms with E-state index in [9.17, 15) is 14.4 Å². The van der Waals surface area contributed by atoms with Gasteiger partial charge in [-0.15, -0.1) is 0 Å². The highest BCUT2D eigenvalue weighted by Crippen LogP contribution is 2.19. The smallest absolute Gasteiger partial charge is 0.339 e. The fourth-order valence-corrected chi connectivity index (χ4v) is 2.92. The number of carbonyl (C=O) groups excluding carboxylic acids is 3. The molecule has 9 heteroatoms. The molecular formula is C19H21N5O4. The fraction of sp³-hybridized carbons (Fsp3) is 0.316. The Labute approximate surface area is 162 Å². The average molecular weight is 383 g/mol. The first-order valence-electron chi connectivity index (χ1n) is 8.82. The lowest BCUT2D eigenvalue weighted by Crippen LogP contribution is -2.50. The summed E-state index contributed by atoms with van der Waals surface area (Å²) in [5.41, 5.74) is 1.06. The third-order valence-corrected chi connectivity index (χ3v) is 4.47. The van der Waals surface area contributed by atoms with Gasteiger partial charge >= 0.3 is 5.97 Å². The normalized spacial score (nSPS) is 13.8. The lowest BCUT2D eigenvalue weighted by Gasteiger charge is -2.34. The van der Waals surface area contributed by atoms with Gasteiger partial charge in [-0.2, -0.15) is 0 Å². The molecule has 0 atom stereocenters. The van der Waals surface area contributed by atoms with Crippen molar-refractivity contribution in [2.24, 2.45) is 0 Å². The summed E-state index contributed by atoms with van der Waals surface area (Å²) in [6.07, 6.45) is 1.48. The number of nitrogens with one attached hydrogen (secondary N) is 1. The van der Waals surface area contributed by atoms with Gasteiger partial charge in [0.05, 0.1) is 18.4 Å². The zero-order valence-electron chi connectivity index (χ0n) is 15.7. The molecule has 0 unspecified atom stereocenters. The summed E-state index contributed by atoms with van der Waals surface area (Å²) in [7, 11) is 1.31. The van der Waals surface area contributed by atoms with E-state index in [0.29, 0.717) is 37.4 Å². The van der Waals surface area contributed by atoms with Crippen molar-refractivity contribution in [3.05, 3.63) is 47.8 Å². The van der Waals surface area contributed by atoms with E-state index in [0.717, 1.165) is 0 Å². The zero-order chi connectivity index (χ0) is 20.1. The first kappa shape index (κ1) is 19.3. The number of amides is 2. The molecule has 146 valence electrons. The van der Waals surface area contributed by atoms with Crippen molar-refractivity contribution in [2.75, 3.05) is 38.6 Å². The molecular weight excluding hydrogens is 362 g/mol. The highest BCUT2D eigenvalue weighted by atomic mass is 16.5. The quantitative estimate of drug-likeness (QED) is 0.794. The lowest BCUT2D eigenvalue weighted by atomic mass is 10.2. The summed E-state index contributed by atoms with van der Waals surface area (Å²) in [5, 5.41) is 2.96. The molecule has 1 aliphatic heterocycles. The number of piperazine rings is 1. The van der Waals surface area contributed by atoms with Crippen LogP contribution in [0.1, 0.15) is 27.8 Å². The lowest BCUT2D eigenvalue weighted by molar-refractivity contribution is -0.130. The van der Waals surface area contributed by atoms with E-state index in [2.05, 4.69) is 15.3 Å². The molecule has 3 rings (SSSR count). The molecule has 1 N–H and O–H groups in total. The van der Waals surface area contributed by atoms with Crippen molar-refractivity contribution >= 4 is 29.4 Å². The number of hydrogen-bond acceptors (Lipinski definition) is 7. The standard InChI is InChI=1S/C19H21N5O4/c1-13(25)23-9-11-24(12-10-23)17(26)16-7-8-20-19(22-16)21-15-6-4-3-5-14(15)18(27)28-2/h3-8H,9-12H2,1-2H3,(H,20,21,22). The molecule has 1 aliphatic rings. The van der Waals surface area contributed by atoms with Gasteiger partial charge in [-0.05, 0) is 18.2 Å². The molecule has 1 aromatic carbocycles. The number of aromatic nitrogens is 2. The van der Waals surface area contributed by atoms with Gasteiger partial charge in [-0.25, -0.2) is 14.8 Å². The highest BCUT2D eigenvalue weighted by Gasteiger charge is 2.24. The predicted molar refractivity (Wildman–Crippen MR) is 101 cm³/mol. The Kier molecular flexibility index (Phi) is 5.83. The zero-order valence-corrected chi connectivity index (χ0v) is 15.7. The molecule has 0 aliphatic carbocycles. The van der Waals surface area contributed by atoms with Gasteiger partial charge < -0.3 is 19.9 Å². The maximum atomic E-state index is 12.7. The Morgan fingerprint density at radius 2 is 1.71 bits per heavy atom. The van der Waals surface area contributed by atoms with Crippen molar-refractivity contribution in [3.8, 4) is 0 Å². The number of esters is 1. The molecule has 28 heavy (non-hydrogen) atoms. The number of carbonyl (C=O) groups is 3. The van der Waals surface area contributed by atoms with Crippen LogP contribution in [0.3, 0.4) is 0 Å². The van der Waals surface area contributed by atoms with Crippen LogP contribution in [0.5, 0.6) is 0 Å². The van der Waals surface area contributed by atoms with Crippen LogP contribution < -0.4 is 5.32 Å². The van der Waals surface area contributed by atoms with Crippen molar-refractivity contribution in [2.45, 2.75) is 6.92 Å². The summed E-state index contributed by atoms with van der Waals surface area (Å²) >= 11 is 0. The van der Waals surface area contributed by atoms with Crippen molar-refractivity contribution < 1.29 is 19.1 Å². The van der Waals surface area contributed by atoms with Crippen LogP contribution in [0.2, 0.25) is 0 Å². The van der Waals surface area contributed by atoms with Gasteiger partial charge in [-0.1, -0.05) is 12.1 Å². The van der Waals surface area contributed by atoms with E-state index in [1.165, 1.54) is 26.3 Å². The number of ether oxygens (including phenoxy) is 1. The summed E-state index contributed by atoms with van der Waals surface area (Å²) in [4.78, 5) is 47.8. The minimum Gasteiger partial charge on any atom is -0.465 e. The number of hydrogen-bond donors (Lipinski definition) is 1. The summed E-state index contributed by atoms with van der Waals surface area (Å²) in [6.45, 7) is 3.44. The Morgan fingerprint density at radius 1 is 1.04 bits per heavy atom. The number of nitrogens with zero attached hydrogens (tertiary/aromatic N) is 4. The molecule has 2 heterocycles. The SMILES string of the molecule is COC(=O)c1ccccc1Nc1nccc(C(=O)N2CCN(C(C)=O)CC2)n1. The first-order chi connectivity index (χ1) is 13.5. The minimum absolute atomic E-state index is 0.00453. The maximum absolute atomic E-state index is 12.7. The first-order valence-corrected chi connectivity index (χ1v) is 8.82. The third kappa shape index (κ3) is 4.25. The second kappa shape index (κ2) is 8.47. The molecule has 9 nitrogen and oxygen atoms in total. The summed E-state index contributed by atoms with van der Waals surface area (Å²) in [5.74, 6) is -0.511. The van der Waals surface area contributed by atoms with Crippen LogP contribution in [0.4, 0.5) is 11.6 Å². The average Bonchev–Trinajstić information content (AvgIpc) is 2.73. The highest BCUT2D eigenvalue weighted by molar-refractivity contribution is 5.96. The Balaban J connectivity index is 1.74. The van der Waals surface area contributed by atoms with Crippen molar-refractivity contribution in [1.29, 1.82) is 0 Å². The second-order valence-corrected chi connectivity index (χ2v) is 6.23. The second-order valence-electron chi connectivity index (χ2n) is 6.23. The Hall–Kier alpha value is -3.49. The van der Waals surface area contributed by atoms with Crippen LogP contribution in [-0.2, 0) is 9.53 Å². The molecule has 2 amide bonds. The van der Waals surface area contributed by atoms with Gasteiger partial charge in [0.2, 0.25) is 11.9 Å². The van der Waals surface area contributed by atoms with Crippen LogP contribution >= 0.6 is 0 Å². The molecule has 2 aromatic rings. The van der Waals surface area contributed by atoms with Crippen LogP contribution in [-0.4, -0.2) is 70.8 Å². The van der Waals surface area contributed by atoms with E-state index < -0.39 is 5.97 Å². The third-order valence-electron chi connectivity index (χ3n) is 4.47. The number of para-hydroxylation sites is 1. The van der Waals surface area contributed by atoms with E-state index >= 15 is 0 Å². The van der Waals surface area contributed by atoms with E-state index in [-0.39, 0.29) is 23.5 Å². The molecule has 0 saturated carbocycles. The van der Waals surface area contributed by atoms with Gasteiger partial charge in [0.15, 0.2) is 0 Å². The molecule has 0 spiro atoms. The molecule has 1 fully saturated rings. The van der Waals surface area contributed by atoms with Crippen LogP contribution in [0.25, 0.3) is 0 Å². The van der Waals surface area contributed by atoms with Gasteiger partial charge in [0.1, 0.15) is 5.69 Å². The van der Waals surface area contributed by atoms with Gasteiger partial charge in [0, 0.05) is 39.3 Å². The predicted octanol–water partition coefficient (Wildman–Crippen LogP) is 1.31. The largest absolute Gasteiger partial charge is 0.465 e. The topological polar surface area (TPSA) is 105 Å². The molecule has 1 saturated heterocycles. The van der Waals surface area contributed by atoms with Crippen molar-refractivity contribution in [3.63, 3.8) is 0 Å².